The molecule has 0 fully saturated rings. The van der Waals surface area contributed by atoms with Gasteiger partial charge in [0.05, 0.1) is 12.1 Å². The van der Waals surface area contributed by atoms with Crippen molar-refractivity contribution in [1.82, 2.24) is 0 Å². The third-order valence-corrected chi connectivity index (χ3v) is 4.02. The normalized spacial score (nSPS) is 10.4. The lowest BCUT2D eigenvalue weighted by Gasteiger charge is -2.10. The molecule has 110 valence electrons. The van der Waals surface area contributed by atoms with Crippen molar-refractivity contribution in [1.29, 1.82) is 0 Å². The Kier molecular flexibility index (Phi) is 5.65. The molecule has 0 aliphatic rings. The highest BCUT2D eigenvalue weighted by Gasteiger charge is 2.10. The number of anilines is 1. The molecule has 0 bridgehead atoms. The van der Waals surface area contributed by atoms with Crippen LogP contribution >= 0.6 is 23.4 Å². The van der Waals surface area contributed by atoms with Gasteiger partial charge in [0.2, 0.25) is 5.91 Å². The van der Waals surface area contributed by atoms with E-state index in [9.17, 15) is 9.18 Å². The number of hydrogen-bond donors (Lipinski definition) is 1. The molecule has 0 aromatic heterocycles. The van der Waals surface area contributed by atoms with Crippen LogP contribution in [-0.2, 0) is 11.2 Å². The maximum absolute atomic E-state index is 13.7. The number of carbonyl (C=O) groups is 1. The molecule has 1 amide bonds. The lowest BCUT2D eigenvalue weighted by Crippen LogP contribution is -2.15. The Balaban J connectivity index is 2.08. The lowest BCUT2D eigenvalue weighted by molar-refractivity contribution is -0.115. The van der Waals surface area contributed by atoms with Crippen LogP contribution in [-0.4, -0.2) is 11.7 Å². The number of para-hydroxylation sites is 1. The summed E-state index contributed by atoms with van der Waals surface area (Å²) < 4.78 is 13.7. The van der Waals surface area contributed by atoms with Crippen LogP contribution in [0.5, 0.6) is 0 Å². The Morgan fingerprint density at radius 3 is 2.76 bits per heavy atom. The largest absolute Gasteiger partial charge is 0.325 e. The van der Waals surface area contributed by atoms with Crippen LogP contribution in [0.4, 0.5) is 10.1 Å². The van der Waals surface area contributed by atoms with E-state index in [-0.39, 0.29) is 12.3 Å². The highest BCUT2D eigenvalue weighted by Crippen LogP contribution is 2.26. The zero-order chi connectivity index (χ0) is 15.2. The predicted octanol–water partition coefficient (Wildman–Crippen LogP) is 4.77. The number of rotatable bonds is 5. The number of carbonyl (C=O) groups excluding carboxylic acids is 1. The van der Waals surface area contributed by atoms with Gasteiger partial charge in [-0.05, 0) is 35.6 Å². The molecule has 2 rings (SSSR count). The third-order valence-electron chi connectivity index (χ3n) is 2.83. The molecule has 0 unspecified atom stereocenters. The third kappa shape index (κ3) is 4.48. The van der Waals surface area contributed by atoms with Gasteiger partial charge >= 0.3 is 0 Å². The van der Waals surface area contributed by atoms with Crippen LogP contribution in [0.1, 0.15) is 12.5 Å². The maximum Gasteiger partial charge on any atom is 0.228 e. The summed E-state index contributed by atoms with van der Waals surface area (Å²) in [5.41, 5.74) is 1.08. The summed E-state index contributed by atoms with van der Waals surface area (Å²) >= 11 is 7.34. The molecule has 0 atom stereocenters. The molecule has 2 nitrogen and oxygen atoms in total. The second-order valence-electron chi connectivity index (χ2n) is 4.39. The first kappa shape index (κ1) is 15.9. The highest BCUT2D eigenvalue weighted by molar-refractivity contribution is 7.99. The van der Waals surface area contributed by atoms with Gasteiger partial charge in [-0.1, -0.05) is 36.7 Å². The quantitative estimate of drug-likeness (QED) is 0.803. The molecule has 0 radical (unpaired) electrons. The molecular weight excluding hydrogens is 309 g/mol. The van der Waals surface area contributed by atoms with E-state index < -0.39 is 5.82 Å². The van der Waals surface area contributed by atoms with E-state index in [1.807, 2.05) is 31.2 Å². The predicted molar refractivity (Wildman–Crippen MR) is 86.6 cm³/mol. The van der Waals surface area contributed by atoms with Gasteiger partial charge in [0.25, 0.3) is 0 Å². The zero-order valence-corrected chi connectivity index (χ0v) is 13.1. The number of benzene rings is 2. The lowest BCUT2D eigenvalue weighted by atomic mass is 10.1. The van der Waals surface area contributed by atoms with E-state index in [1.54, 1.807) is 17.8 Å². The van der Waals surface area contributed by atoms with Crippen molar-refractivity contribution < 1.29 is 9.18 Å². The molecule has 0 spiro atoms. The zero-order valence-electron chi connectivity index (χ0n) is 11.5. The van der Waals surface area contributed by atoms with Crippen LogP contribution in [0.15, 0.2) is 47.4 Å². The second-order valence-corrected chi connectivity index (χ2v) is 6.13. The molecule has 0 saturated heterocycles. The number of amides is 1. The van der Waals surface area contributed by atoms with Gasteiger partial charge < -0.3 is 5.32 Å². The average molecular weight is 324 g/mol. The first-order valence-corrected chi connectivity index (χ1v) is 7.92. The molecule has 2 aromatic rings. The van der Waals surface area contributed by atoms with Crippen molar-refractivity contribution in [3.63, 3.8) is 0 Å². The van der Waals surface area contributed by atoms with E-state index in [0.717, 1.165) is 16.3 Å². The van der Waals surface area contributed by atoms with Crippen molar-refractivity contribution in [3.05, 3.63) is 58.9 Å². The van der Waals surface area contributed by atoms with Gasteiger partial charge in [0.15, 0.2) is 0 Å². The fourth-order valence-electron chi connectivity index (χ4n) is 1.88. The number of thioether (sulfide) groups is 1. The fraction of sp³-hybridized carbons (Fsp3) is 0.188. The summed E-state index contributed by atoms with van der Waals surface area (Å²) in [7, 11) is 0. The average Bonchev–Trinajstić information content (AvgIpc) is 2.44. The van der Waals surface area contributed by atoms with Crippen LogP contribution < -0.4 is 5.32 Å². The standard InChI is InChI=1S/C16H15ClFNOS/c1-2-21-15-6-4-3-5-14(15)19-16(20)9-11-7-8-12(17)10-13(11)18/h3-8,10H,2,9H2,1H3,(H,19,20). The van der Waals surface area contributed by atoms with E-state index in [0.29, 0.717) is 10.6 Å². The summed E-state index contributed by atoms with van der Waals surface area (Å²) in [5, 5.41) is 3.15. The molecule has 0 aliphatic carbocycles. The summed E-state index contributed by atoms with van der Waals surface area (Å²) in [6.45, 7) is 2.05. The topological polar surface area (TPSA) is 29.1 Å². The van der Waals surface area contributed by atoms with Gasteiger partial charge in [-0.3, -0.25) is 4.79 Å². The number of nitrogens with one attached hydrogen (secondary N) is 1. The summed E-state index contributed by atoms with van der Waals surface area (Å²) in [6.07, 6.45) is -0.0197. The van der Waals surface area contributed by atoms with Crippen LogP contribution in [0.3, 0.4) is 0 Å². The maximum atomic E-state index is 13.7. The molecule has 0 aliphatic heterocycles. The van der Waals surface area contributed by atoms with Crippen molar-refractivity contribution in [2.45, 2.75) is 18.2 Å². The van der Waals surface area contributed by atoms with Gasteiger partial charge in [0, 0.05) is 9.92 Å². The van der Waals surface area contributed by atoms with Gasteiger partial charge in [-0.15, -0.1) is 11.8 Å². The summed E-state index contributed by atoms with van der Waals surface area (Å²) in [6, 6.07) is 11.9. The Hall–Kier alpha value is -1.52. The van der Waals surface area contributed by atoms with Gasteiger partial charge in [-0.2, -0.15) is 0 Å². The minimum absolute atomic E-state index is 0.0197. The molecule has 21 heavy (non-hydrogen) atoms. The van der Waals surface area contributed by atoms with E-state index in [2.05, 4.69) is 5.32 Å². The monoisotopic (exact) mass is 323 g/mol. The van der Waals surface area contributed by atoms with Crippen LogP contribution in [0.2, 0.25) is 5.02 Å². The SMILES string of the molecule is CCSc1ccccc1NC(=O)Cc1ccc(Cl)cc1F. The van der Waals surface area contributed by atoms with Gasteiger partial charge in [0.1, 0.15) is 5.82 Å². The van der Waals surface area contributed by atoms with Crippen molar-refractivity contribution >= 4 is 35.0 Å². The van der Waals surface area contributed by atoms with Crippen molar-refractivity contribution in [2.24, 2.45) is 0 Å². The molecular formula is C16H15ClFNOS. The molecule has 0 heterocycles. The summed E-state index contributed by atoms with van der Waals surface area (Å²) in [5.74, 6) is 0.202. The first-order valence-electron chi connectivity index (χ1n) is 6.55. The first-order chi connectivity index (χ1) is 10.1. The second kappa shape index (κ2) is 7.48. The molecule has 1 N–H and O–H groups in total. The van der Waals surface area contributed by atoms with E-state index >= 15 is 0 Å². The Labute approximate surface area is 132 Å². The minimum atomic E-state index is -0.464. The Morgan fingerprint density at radius 1 is 1.29 bits per heavy atom. The van der Waals surface area contributed by atoms with Crippen molar-refractivity contribution in [2.75, 3.05) is 11.1 Å². The molecule has 2 aromatic carbocycles. The Bertz CT molecular complexity index is 648. The number of hydrogen-bond acceptors (Lipinski definition) is 2. The van der Waals surface area contributed by atoms with E-state index in [4.69, 9.17) is 11.6 Å². The van der Waals surface area contributed by atoms with E-state index in [1.165, 1.54) is 12.1 Å². The Morgan fingerprint density at radius 2 is 2.05 bits per heavy atom. The highest BCUT2D eigenvalue weighted by atomic mass is 35.5. The van der Waals surface area contributed by atoms with Gasteiger partial charge in [-0.25, -0.2) is 4.39 Å². The van der Waals surface area contributed by atoms with Crippen LogP contribution in [0, 0.1) is 5.82 Å². The van der Waals surface area contributed by atoms with Crippen LogP contribution in [0.25, 0.3) is 0 Å². The summed E-state index contributed by atoms with van der Waals surface area (Å²) in [4.78, 5) is 13.1. The fourth-order valence-corrected chi connectivity index (χ4v) is 2.80. The smallest absolute Gasteiger partial charge is 0.228 e. The molecule has 0 saturated carbocycles. The van der Waals surface area contributed by atoms with Crippen molar-refractivity contribution in [3.8, 4) is 0 Å². The minimum Gasteiger partial charge on any atom is -0.325 e. The molecule has 5 heteroatoms. The number of halogens is 2.